The first kappa shape index (κ1) is 23.2. The van der Waals surface area contributed by atoms with Crippen molar-refractivity contribution in [2.75, 3.05) is 19.1 Å². The highest BCUT2D eigenvalue weighted by Crippen LogP contribution is 2.46. The highest BCUT2D eigenvalue weighted by Gasteiger charge is 2.43. The average molecular weight is 506 g/mol. The summed E-state index contributed by atoms with van der Waals surface area (Å²) >= 11 is 12.2. The van der Waals surface area contributed by atoms with Gasteiger partial charge in [0.05, 0.1) is 31.6 Å². The van der Waals surface area contributed by atoms with Crippen LogP contribution in [0.5, 0.6) is 11.5 Å². The van der Waals surface area contributed by atoms with E-state index in [0.29, 0.717) is 21.6 Å². The van der Waals surface area contributed by atoms with E-state index in [4.69, 9.17) is 37.7 Å². The van der Waals surface area contributed by atoms with Crippen molar-refractivity contribution >= 4 is 34.6 Å². The zero-order chi connectivity index (χ0) is 24.5. The highest BCUT2D eigenvalue weighted by molar-refractivity contribution is 7.80. The summed E-state index contributed by atoms with van der Waals surface area (Å²) in [5.74, 6) is 2.82. The molecule has 1 aliphatic rings. The van der Waals surface area contributed by atoms with Crippen LogP contribution in [-0.2, 0) is 0 Å². The number of halogens is 1. The molecular weight excluding hydrogens is 482 g/mol. The molecule has 1 fully saturated rings. The molecule has 3 heterocycles. The Morgan fingerprint density at radius 2 is 1.89 bits per heavy atom. The lowest BCUT2D eigenvalue weighted by atomic mass is 10.0. The lowest BCUT2D eigenvalue weighted by molar-refractivity contribution is 0.400. The number of thiocarbonyl (C=S) groups is 1. The molecule has 5 rings (SSSR count). The minimum absolute atomic E-state index is 0.251. The van der Waals surface area contributed by atoms with Crippen LogP contribution in [0.25, 0.3) is 11.3 Å². The number of nitrogens with one attached hydrogen (secondary N) is 1. The van der Waals surface area contributed by atoms with E-state index < -0.39 is 0 Å². The topological polar surface area (TPSA) is 59.8 Å². The smallest absolute Gasteiger partial charge is 0.174 e. The molecule has 2 unspecified atom stereocenters. The molecule has 0 radical (unpaired) electrons. The summed E-state index contributed by atoms with van der Waals surface area (Å²) in [6.07, 6.45) is 1.77. The van der Waals surface area contributed by atoms with E-state index in [0.717, 1.165) is 34.0 Å². The van der Waals surface area contributed by atoms with Gasteiger partial charge in [-0.05, 0) is 67.2 Å². The highest BCUT2D eigenvalue weighted by atomic mass is 35.5. The number of methoxy groups -OCH3 is 2. The largest absolute Gasteiger partial charge is 0.497 e. The van der Waals surface area contributed by atoms with Crippen molar-refractivity contribution in [3.63, 3.8) is 0 Å². The first-order chi connectivity index (χ1) is 17.0. The van der Waals surface area contributed by atoms with Crippen molar-refractivity contribution in [3.8, 4) is 22.8 Å². The molecule has 0 spiro atoms. The van der Waals surface area contributed by atoms with Crippen LogP contribution in [-0.4, -0.2) is 24.3 Å². The van der Waals surface area contributed by atoms with Crippen molar-refractivity contribution in [2.24, 2.45) is 0 Å². The maximum atomic E-state index is 6.47. The predicted molar refractivity (Wildman–Crippen MR) is 141 cm³/mol. The van der Waals surface area contributed by atoms with Crippen molar-refractivity contribution in [1.82, 2.24) is 10.3 Å². The molecule has 0 saturated carbocycles. The molecule has 2 aromatic heterocycles. The minimum atomic E-state index is -0.327. The normalized spacial score (nSPS) is 17.4. The quantitative estimate of drug-likeness (QED) is 0.300. The fraction of sp³-hybridized carbons (Fsp3) is 0.185. The summed E-state index contributed by atoms with van der Waals surface area (Å²) in [5, 5.41) is 4.67. The molecule has 4 aromatic rings. The van der Waals surface area contributed by atoms with Gasteiger partial charge in [0.15, 0.2) is 5.11 Å². The molecule has 1 aliphatic heterocycles. The summed E-state index contributed by atoms with van der Waals surface area (Å²) in [6, 6.07) is 20.6. The summed E-state index contributed by atoms with van der Waals surface area (Å²) in [4.78, 5) is 6.61. The van der Waals surface area contributed by atoms with Gasteiger partial charge < -0.3 is 24.1 Å². The maximum absolute atomic E-state index is 6.47. The standard InChI is InChI=1S/C27H24ClN3O3S/c1-16-18(7-6-8-19(16)28)22-12-13-24(34-22)26-25(20-9-4-5-14-29-20)30-27(35)31(26)21-15-17(32-2)10-11-23(21)33-3/h4-15,25-26H,1-3H3,(H,30,35). The van der Waals surface area contributed by atoms with Crippen LogP contribution in [0.1, 0.15) is 29.1 Å². The molecule has 178 valence electrons. The summed E-state index contributed by atoms with van der Waals surface area (Å²) in [5.41, 5.74) is 3.52. The van der Waals surface area contributed by atoms with Crippen LogP contribution in [0.2, 0.25) is 5.02 Å². The van der Waals surface area contributed by atoms with Crippen molar-refractivity contribution in [2.45, 2.75) is 19.0 Å². The monoisotopic (exact) mass is 505 g/mol. The zero-order valence-electron chi connectivity index (χ0n) is 19.5. The molecule has 6 nitrogen and oxygen atoms in total. The van der Waals surface area contributed by atoms with Crippen LogP contribution < -0.4 is 19.7 Å². The minimum Gasteiger partial charge on any atom is -0.497 e. The second kappa shape index (κ2) is 9.60. The van der Waals surface area contributed by atoms with Gasteiger partial charge in [-0.1, -0.05) is 29.8 Å². The first-order valence-corrected chi connectivity index (χ1v) is 11.9. The van der Waals surface area contributed by atoms with Crippen molar-refractivity contribution in [3.05, 3.63) is 95.0 Å². The third kappa shape index (κ3) is 4.22. The number of hydrogen-bond donors (Lipinski definition) is 1. The Hall–Kier alpha value is -3.55. The number of rotatable bonds is 6. The maximum Gasteiger partial charge on any atom is 0.174 e. The molecule has 8 heteroatoms. The van der Waals surface area contributed by atoms with E-state index in [1.165, 1.54) is 0 Å². The molecular formula is C27H24ClN3O3S. The molecule has 0 aliphatic carbocycles. The number of aromatic nitrogens is 1. The van der Waals surface area contributed by atoms with E-state index >= 15 is 0 Å². The van der Waals surface area contributed by atoms with Gasteiger partial charge in [0.25, 0.3) is 0 Å². The third-order valence-corrected chi connectivity index (χ3v) is 6.92. The Balaban J connectivity index is 1.65. The average Bonchev–Trinajstić information content (AvgIpc) is 3.50. The first-order valence-electron chi connectivity index (χ1n) is 11.1. The van der Waals surface area contributed by atoms with Crippen molar-refractivity contribution in [1.29, 1.82) is 0 Å². The Morgan fingerprint density at radius 1 is 1.03 bits per heavy atom. The van der Waals surface area contributed by atoms with Gasteiger partial charge in [-0.25, -0.2) is 0 Å². The van der Waals surface area contributed by atoms with E-state index in [9.17, 15) is 0 Å². The lowest BCUT2D eigenvalue weighted by Crippen LogP contribution is -2.29. The molecule has 35 heavy (non-hydrogen) atoms. The van der Waals surface area contributed by atoms with Gasteiger partial charge >= 0.3 is 0 Å². The van der Waals surface area contributed by atoms with E-state index in [1.54, 1.807) is 20.4 Å². The molecule has 0 amide bonds. The van der Waals surface area contributed by atoms with E-state index in [2.05, 4.69) is 10.3 Å². The van der Waals surface area contributed by atoms with Crippen LogP contribution in [0, 0.1) is 6.92 Å². The summed E-state index contributed by atoms with van der Waals surface area (Å²) in [6.45, 7) is 1.98. The predicted octanol–water partition coefficient (Wildman–Crippen LogP) is 6.50. The zero-order valence-corrected chi connectivity index (χ0v) is 21.1. The van der Waals surface area contributed by atoms with Gasteiger partial charge in [0.2, 0.25) is 0 Å². The van der Waals surface area contributed by atoms with Crippen molar-refractivity contribution < 1.29 is 13.9 Å². The molecule has 0 bridgehead atoms. The van der Waals surface area contributed by atoms with Gasteiger partial charge in [0.1, 0.15) is 29.1 Å². The number of anilines is 1. The van der Waals surface area contributed by atoms with Crippen LogP contribution in [0.4, 0.5) is 5.69 Å². The summed E-state index contributed by atoms with van der Waals surface area (Å²) < 4.78 is 17.7. The number of pyridine rings is 1. The number of hydrogen-bond acceptors (Lipinski definition) is 5. The number of nitrogens with zero attached hydrogens (tertiary/aromatic N) is 2. The fourth-order valence-corrected chi connectivity index (χ4v) is 4.93. The van der Waals surface area contributed by atoms with E-state index in [-0.39, 0.29) is 12.1 Å². The number of furan rings is 1. The molecule has 1 N–H and O–H groups in total. The van der Waals surface area contributed by atoms with Crippen LogP contribution in [0.3, 0.4) is 0 Å². The Bertz CT molecular complexity index is 1380. The molecule has 2 aromatic carbocycles. The number of ether oxygens (including phenoxy) is 2. The number of benzene rings is 2. The van der Waals surface area contributed by atoms with Gasteiger partial charge in [0, 0.05) is 22.8 Å². The van der Waals surface area contributed by atoms with Gasteiger partial charge in [-0.2, -0.15) is 0 Å². The third-order valence-electron chi connectivity index (χ3n) is 6.20. The van der Waals surface area contributed by atoms with Crippen LogP contribution in [0.15, 0.2) is 77.3 Å². The van der Waals surface area contributed by atoms with Gasteiger partial charge in [-0.15, -0.1) is 0 Å². The fourth-order valence-electron chi connectivity index (χ4n) is 4.42. The molecule has 1 saturated heterocycles. The Morgan fingerprint density at radius 3 is 2.63 bits per heavy atom. The molecule has 2 atom stereocenters. The van der Waals surface area contributed by atoms with Crippen LogP contribution >= 0.6 is 23.8 Å². The van der Waals surface area contributed by atoms with Gasteiger partial charge in [-0.3, -0.25) is 4.98 Å². The lowest BCUT2D eigenvalue weighted by Gasteiger charge is -2.27. The Labute approximate surface area is 214 Å². The second-order valence-corrected chi connectivity index (χ2v) is 8.94. The second-order valence-electron chi connectivity index (χ2n) is 8.15. The Kier molecular flexibility index (Phi) is 6.36. The summed E-state index contributed by atoms with van der Waals surface area (Å²) in [7, 11) is 3.27. The van der Waals surface area contributed by atoms with E-state index in [1.807, 2.05) is 78.6 Å². The SMILES string of the molecule is COc1ccc(OC)c(N2C(=S)NC(c3ccccn3)C2c2ccc(-c3cccc(Cl)c3C)o2)c1.